The number of hydrogen-bond donors (Lipinski definition) is 1. The average molecular weight is 303 g/mol. The first-order valence-electron chi connectivity index (χ1n) is 7.95. The molecule has 5 nitrogen and oxygen atoms in total. The summed E-state index contributed by atoms with van der Waals surface area (Å²) in [6.07, 6.45) is 2.52. The predicted molar refractivity (Wildman–Crippen MR) is 86.6 cm³/mol. The van der Waals surface area contributed by atoms with Gasteiger partial charge in [-0.3, -0.25) is 14.5 Å². The Morgan fingerprint density at radius 2 is 2.00 bits per heavy atom. The highest BCUT2D eigenvalue weighted by Gasteiger charge is 2.18. The van der Waals surface area contributed by atoms with Gasteiger partial charge >= 0.3 is 0 Å². The van der Waals surface area contributed by atoms with Crippen LogP contribution in [0.15, 0.2) is 24.3 Å². The van der Waals surface area contributed by atoms with E-state index < -0.39 is 0 Å². The van der Waals surface area contributed by atoms with E-state index in [2.05, 4.69) is 16.3 Å². The molecule has 0 atom stereocenters. The molecule has 1 saturated heterocycles. The molecule has 0 saturated carbocycles. The van der Waals surface area contributed by atoms with Crippen molar-refractivity contribution >= 4 is 11.8 Å². The Balaban J connectivity index is 2.06. The molecular formula is C17H25N3O2. The summed E-state index contributed by atoms with van der Waals surface area (Å²) < 4.78 is 0. The molecule has 2 rings (SSSR count). The molecule has 1 aliphatic heterocycles. The third-order valence-corrected chi connectivity index (χ3v) is 4.06. The Hall–Kier alpha value is -1.88. The molecule has 1 fully saturated rings. The monoisotopic (exact) mass is 303 g/mol. The number of likely N-dealkylation sites (tertiary alicyclic amines) is 1. The number of rotatable bonds is 6. The van der Waals surface area contributed by atoms with E-state index in [1.807, 2.05) is 25.1 Å². The van der Waals surface area contributed by atoms with E-state index in [-0.39, 0.29) is 18.4 Å². The molecule has 1 N–H and O–H groups in total. The second kappa shape index (κ2) is 7.94. The molecule has 0 spiro atoms. The number of amides is 2. The fourth-order valence-electron chi connectivity index (χ4n) is 2.76. The Bertz CT molecular complexity index is 524. The lowest BCUT2D eigenvalue weighted by molar-refractivity contribution is -0.121. The molecule has 0 aromatic heterocycles. The van der Waals surface area contributed by atoms with Gasteiger partial charge in [0.25, 0.3) is 5.91 Å². The molecule has 1 heterocycles. The van der Waals surface area contributed by atoms with Crippen molar-refractivity contribution in [2.75, 3.05) is 33.2 Å². The third kappa shape index (κ3) is 4.31. The minimum atomic E-state index is -0.150. The van der Waals surface area contributed by atoms with Gasteiger partial charge < -0.3 is 10.2 Å². The van der Waals surface area contributed by atoms with Gasteiger partial charge in [-0.2, -0.15) is 0 Å². The first-order valence-corrected chi connectivity index (χ1v) is 7.95. The van der Waals surface area contributed by atoms with E-state index in [0.717, 1.165) is 25.2 Å². The summed E-state index contributed by atoms with van der Waals surface area (Å²) in [5, 5.41) is 2.56. The fourth-order valence-corrected chi connectivity index (χ4v) is 2.76. The lowest BCUT2D eigenvalue weighted by Crippen LogP contribution is -2.39. The Morgan fingerprint density at radius 3 is 2.64 bits per heavy atom. The molecule has 5 heteroatoms. The molecule has 2 amide bonds. The van der Waals surface area contributed by atoms with Crippen LogP contribution in [0.2, 0.25) is 0 Å². The normalized spacial score (nSPS) is 14.8. The highest BCUT2D eigenvalue weighted by atomic mass is 16.2. The van der Waals surface area contributed by atoms with Gasteiger partial charge in [0, 0.05) is 25.7 Å². The fraction of sp³-hybridized carbons (Fsp3) is 0.529. The van der Waals surface area contributed by atoms with Crippen molar-refractivity contribution in [3.63, 3.8) is 0 Å². The zero-order chi connectivity index (χ0) is 15.9. The van der Waals surface area contributed by atoms with Crippen LogP contribution in [0.3, 0.4) is 0 Å². The summed E-state index contributed by atoms with van der Waals surface area (Å²) in [6, 6.07) is 7.76. The number of likely N-dealkylation sites (N-methyl/N-ethyl adjacent to an activating group) is 2. The second-order valence-electron chi connectivity index (χ2n) is 5.68. The summed E-state index contributed by atoms with van der Waals surface area (Å²) >= 11 is 0. The van der Waals surface area contributed by atoms with Crippen molar-refractivity contribution in [3.8, 4) is 0 Å². The number of hydrogen-bond acceptors (Lipinski definition) is 3. The van der Waals surface area contributed by atoms with Crippen molar-refractivity contribution in [1.82, 2.24) is 15.1 Å². The number of carbonyl (C=O) groups excluding carboxylic acids is 2. The summed E-state index contributed by atoms with van der Waals surface area (Å²) in [6.45, 7) is 5.66. The number of benzene rings is 1. The molecule has 1 aromatic carbocycles. The van der Waals surface area contributed by atoms with Crippen LogP contribution >= 0.6 is 0 Å². The van der Waals surface area contributed by atoms with Crippen LogP contribution < -0.4 is 5.32 Å². The van der Waals surface area contributed by atoms with E-state index >= 15 is 0 Å². The maximum Gasteiger partial charge on any atom is 0.254 e. The van der Waals surface area contributed by atoms with E-state index in [0.29, 0.717) is 12.1 Å². The van der Waals surface area contributed by atoms with Crippen LogP contribution in [-0.2, 0) is 11.3 Å². The van der Waals surface area contributed by atoms with Crippen LogP contribution in [-0.4, -0.2) is 54.8 Å². The molecule has 120 valence electrons. The maximum atomic E-state index is 12.5. The van der Waals surface area contributed by atoms with Crippen LogP contribution in [0, 0.1) is 0 Å². The van der Waals surface area contributed by atoms with Crippen LogP contribution in [0.25, 0.3) is 0 Å². The first-order chi connectivity index (χ1) is 10.6. The van der Waals surface area contributed by atoms with Gasteiger partial charge in [0.05, 0.1) is 6.54 Å². The minimum Gasteiger partial charge on any atom is -0.358 e. The van der Waals surface area contributed by atoms with E-state index in [9.17, 15) is 9.59 Å². The van der Waals surface area contributed by atoms with Gasteiger partial charge in [0.2, 0.25) is 5.91 Å². The molecule has 0 bridgehead atoms. The Kier molecular flexibility index (Phi) is 5.95. The molecular weight excluding hydrogens is 278 g/mol. The lowest BCUT2D eigenvalue weighted by Gasteiger charge is -2.21. The predicted octanol–water partition coefficient (Wildman–Crippen LogP) is 1.49. The molecule has 0 unspecified atom stereocenters. The van der Waals surface area contributed by atoms with Crippen molar-refractivity contribution in [1.29, 1.82) is 0 Å². The second-order valence-corrected chi connectivity index (χ2v) is 5.68. The summed E-state index contributed by atoms with van der Waals surface area (Å²) in [4.78, 5) is 28.0. The third-order valence-electron chi connectivity index (χ3n) is 4.06. The highest BCUT2D eigenvalue weighted by molar-refractivity contribution is 5.96. The SMILES string of the molecule is CCN(CC(=O)NC)C(=O)c1cccc(CN2CCCC2)c1. The van der Waals surface area contributed by atoms with E-state index in [1.165, 1.54) is 12.8 Å². The molecule has 0 radical (unpaired) electrons. The van der Waals surface area contributed by atoms with Gasteiger partial charge in [-0.25, -0.2) is 0 Å². The zero-order valence-electron chi connectivity index (χ0n) is 13.5. The van der Waals surface area contributed by atoms with Crippen LogP contribution in [0.1, 0.15) is 35.7 Å². The Morgan fingerprint density at radius 1 is 1.27 bits per heavy atom. The van der Waals surface area contributed by atoms with E-state index in [4.69, 9.17) is 0 Å². The molecule has 22 heavy (non-hydrogen) atoms. The minimum absolute atomic E-state index is 0.0885. The van der Waals surface area contributed by atoms with Crippen LogP contribution in [0.5, 0.6) is 0 Å². The van der Waals surface area contributed by atoms with Crippen LogP contribution in [0.4, 0.5) is 0 Å². The van der Waals surface area contributed by atoms with Crippen molar-refractivity contribution in [2.45, 2.75) is 26.3 Å². The van der Waals surface area contributed by atoms with Gasteiger partial charge in [0.15, 0.2) is 0 Å². The summed E-state index contributed by atoms with van der Waals surface area (Å²) in [5.41, 5.74) is 1.81. The maximum absolute atomic E-state index is 12.5. The largest absolute Gasteiger partial charge is 0.358 e. The summed E-state index contributed by atoms with van der Waals surface area (Å²) in [5.74, 6) is -0.238. The average Bonchev–Trinajstić information content (AvgIpc) is 3.04. The van der Waals surface area contributed by atoms with Crippen molar-refractivity contribution in [2.24, 2.45) is 0 Å². The molecule has 1 aliphatic rings. The number of nitrogens with zero attached hydrogens (tertiary/aromatic N) is 2. The molecule has 1 aromatic rings. The number of nitrogens with one attached hydrogen (secondary N) is 1. The van der Waals surface area contributed by atoms with Gasteiger partial charge in [0.1, 0.15) is 0 Å². The van der Waals surface area contributed by atoms with Gasteiger partial charge in [-0.1, -0.05) is 12.1 Å². The van der Waals surface area contributed by atoms with Crippen molar-refractivity contribution < 1.29 is 9.59 Å². The quantitative estimate of drug-likeness (QED) is 0.866. The summed E-state index contributed by atoms with van der Waals surface area (Å²) in [7, 11) is 1.58. The highest BCUT2D eigenvalue weighted by Crippen LogP contribution is 2.15. The van der Waals surface area contributed by atoms with Gasteiger partial charge in [-0.05, 0) is 50.6 Å². The molecule has 0 aliphatic carbocycles. The standard InChI is InChI=1S/C17H25N3O2/c1-3-20(13-16(21)18-2)17(22)15-8-6-7-14(11-15)12-19-9-4-5-10-19/h6-8,11H,3-5,9-10,12-13H2,1-2H3,(H,18,21). The first kappa shape index (κ1) is 16.5. The van der Waals surface area contributed by atoms with Gasteiger partial charge in [-0.15, -0.1) is 0 Å². The Labute approximate surface area is 132 Å². The van der Waals surface area contributed by atoms with E-state index in [1.54, 1.807) is 11.9 Å². The van der Waals surface area contributed by atoms with Crippen molar-refractivity contribution in [3.05, 3.63) is 35.4 Å². The lowest BCUT2D eigenvalue weighted by atomic mass is 10.1. The topological polar surface area (TPSA) is 52.7 Å². The zero-order valence-corrected chi connectivity index (χ0v) is 13.5. The smallest absolute Gasteiger partial charge is 0.254 e. The number of carbonyl (C=O) groups is 2.